The third-order valence-electron chi connectivity index (χ3n) is 4.36. The van der Waals surface area contributed by atoms with Crippen molar-refractivity contribution in [2.24, 2.45) is 0 Å². The predicted molar refractivity (Wildman–Crippen MR) is 91.1 cm³/mol. The molecule has 0 saturated carbocycles. The fourth-order valence-electron chi connectivity index (χ4n) is 3.17. The molecule has 6 nitrogen and oxygen atoms in total. The minimum Gasteiger partial charge on any atom is -0.488 e. The first-order valence-corrected chi connectivity index (χ1v) is 8.91. The molecule has 2 aromatic rings. The van der Waals surface area contributed by atoms with Gasteiger partial charge in [0.15, 0.2) is 0 Å². The van der Waals surface area contributed by atoms with E-state index in [1.165, 1.54) is 0 Å². The summed E-state index contributed by atoms with van der Waals surface area (Å²) in [6.45, 7) is 3.36. The summed E-state index contributed by atoms with van der Waals surface area (Å²) in [5.41, 5.74) is 1.23. The number of ether oxygens (including phenoxy) is 1. The Labute approximate surface area is 144 Å². The number of hydrogen-bond donors (Lipinski definition) is 0. The lowest BCUT2D eigenvalue weighted by Crippen LogP contribution is -2.61. The standard InChI is InChI=1S/C17H18N4O2S/c1-12-6-20-15(8-19-12)16(22)21-10-17(11-21)5-14(9-24-17)23-13-3-2-4-18-7-13/h2-4,6-8,14H,5,9-11H2,1H3/t14-/m1/s1. The predicted octanol–water partition coefficient (Wildman–Crippen LogP) is 1.96. The zero-order valence-electron chi connectivity index (χ0n) is 13.4. The molecular formula is C17H18N4O2S. The molecule has 4 rings (SSSR count). The smallest absolute Gasteiger partial charge is 0.274 e. The van der Waals surface area contributed by atoms with Crippen molar-refractivity contribution < 1.29 is 9.53 Å². The van der Waals surface area contributed by atoms with Crippen LogP contribution in [-0.2, 0) is 0 Å². The Morgan fingerprint density at radius 1 is 1.33 bits per heavy atom. The van der Waals surface area contributed by atoms with Crippen molar-refractivity contribution in [3.8, 4) is 5.75 Å². The highest BCUT2D eigenvalue weighted by Gasteiger charge is 2.51. The van der Waals surface area contributed by atoms with Crippen molar-refractivity contribution in [2.45, 2.75) is 24.2 Å². The van der Waals surface area contributed by atoms with Gasteiger partial charge in [-0.05, 0) is 19.1 Å². The van der Waals surface area contributed by atoms with Crippen molar-refractivity contribution in [1.82, 2.24) is 19.9 Å². The average Bonchev–Trinajstić information content (AvgIpc) is 2.99. The fraction of sp³-hybridized carbons (Fsp3) is 0.412. The summed E-state index contributed by atoms with van der Waals surface area (Å²) in [6.07, 6.45) is 7.79. The summed E-state index contributed by atoms with van der Waals surface area (Å²) in [4.78, 5) is 26.7. The van der Waals surface area contributed by atoms with E-state index in [1.807, 2.05) is 35.7 Å². The molecule has 2 fully saturated rings. The highest BCUT2D eigenvalue weighted by atomic mass is 32.2. The Kier molecular flexibility index (Phi) is 3.88. The number of carbonyl (C=O) groups is 1. The van der Waals surface area contributed by atoms with E-state index in [-0.39, 0.29) is 16.8 Å². The Morgan fingerprint density at radius 2 is 2.21 bits per heavy atom. The second kappa shape index (κ2) is 6.05. The third kappa shape index (κ3) is 2.96. The van der Waals surface area contributed by atoms with Crippen LogP contribution in [0.4, 0.5) is 0 Å². The number of aromatic nitrogens is 3. The number of nitrogens with zero attached hydrogens (tertiary/aromatic N) is 4. The molecule has 2 aliphatic rings. The lowest BCUT2D eigenvalue weighted by atomic mass is 9.92. The molecule has 0 N–H and O–H groups in total. The lowest BCUT2D eigenvalue weighted by molar-refractivity contribution is 0.0511. The maximum absolute atomic E-state index is 12.4. The van der Waals surface area contributed by atoms with Crippen LogP contribution in [0.25, 0.3) is 0 Å². The van der Waals surface area contributed by atoms with Gasteiger partial charge in [-0.2, -0.15) is 0 Å². The highest BCUT2D eigenvalue weighted by molar-refractivity contribution is 8.01. The largest absolute Gasteiger partial charge is 0.488 e. The number of likely N-dealkylation sites (tertiary alicyclic amines) is 1. The zero-order chi connectivity index (χ0) is 16.6. The molecule has 1 atom stereocenters. The number of thioether (sulfide) groups is 1. The molecular weight excluding hydrogens is 324 g/mol. The first kappa shape index (κ1) is 15.4. The quantitative estimate of drug-likeness (QED) is 0.849. The Morgan fingerprint density at radius 3 is 2.92 bits per heavy atom. The summed E-state index contributed by atoms with van der Waals surface area (Å²) in [6, 6.07) is 3.80. The Balaban J connectivity index is 1.33. The SMILES string of the molecule is Cc1cnc(C(=O)N2CC3(C[C@@H](Oc4cccnc4)CS3)C2)cn1. The molecule has 124 valence electrons. The van der Waals surface area contributed by atoms with Gasteiger partial charge in [-0.15, -0.1) is 11.8 Å². The number of rotatable bonds is 3. The summed E-state index contributed by atoms with van der Waals surface area (Å²) in [5.74, 6) is 1.72. The minimum absolute atomic E-state index is 0.0367. The van der Waals surface area contributed by atoms with Crippen LogP contribution in [0.15, 0.2) is 36.9 Å². The number of carbonyl (C=O) groups excluding carboxylic acids is 1. The molecule has 0 aliphatic carbocycles. The van der Waals surface area contributed by atoms with E-state index in [9.17, 15) is 4.79 Å². The van der Waals surface area contributed by atoms with Gasteiger partial charge in [0, 0.05) is 37.7 Å². The molecule has 0 unspecified atom stereocenters. The summed E-state index contributed by atoms with van der Waals surface area (Å²) < 4.78 is 6.12. The van der Waals surface area contributed by atoms with Gasteiger partial charge in [0.25, 0.3) is 5.91 Å². The highest BCUT2D eigenvalue weighted by Crippen LogP contribution is 2.46. The van der Waals surface area contributed by atoms with Gasteiger partial charge in [0.1, 0.15) is 17.5 Å². The van der Waals surface area contributed by atoms with Crippen molar-refractivity contribution in [3.63, 3.8) is 0 Å². The van der Waals surface area contributed by atoms with Crippen LogP contribution in [0, 0.1) is 6.92 Å². The van der Waals surface area contributed by atoms with E-state index >= 15 is 0 Å². The molecule has 2 aromatic heterocycles. The molecule has 0 bridgehead atoms. The van der Waals surface area contributed by atoms with Crippen LogP contribution < -0.4 is 4.74 Å². The monoisotopic (exact) mass is 342 g/mol. The molecule has 1 spiro atoms. The molecule has 24 heavy (non-hydrogen) atoms. The van der Waals surface area contributed by atoms with Gasteiger partial charge in [0.05, 0.1) is 22.8 Å². The van der Waals surface area contributed by atoms with Crippen molar-refractivity contribution in [1.29, 1.82) is 0 Å². The summed E-state index contributed by atoms with van der Waals surface area (Å²) in [5, 5.41) is 0. The van der Waals surface area contributed by atoms with Gasteiger partial charge in [-0.1, -0.05) is 0 Å². The van der Waals surface area contributed by atoms with Crippen LogP contribution >= 0.6 is 11.8 Å². The normalized spacial score (nSPS) is 21.5. The van der Waals surface area contributed by atoms with Gasteiger partial charge in [-0.3, -0.25) is 14.8 Å². The van der Waals surface area contributed by atoms with E-state index in [0.717, 1.165) is 36.7 Å². The van der Waals surface area contributed by atoms with Crippen molar-refractivity contribution >= 4 is 17.7 Å². The second-order valence-electron chi connectivity index (χ2n) is 6.33. The molecule has 2 saturated heterocycles. The number of hydrogen-bond acceptors (Lipinski definition) is 6. The first-order valence-electron chi connectivity index (χ1n) is 7.92. The van der Waals surface area contributed by atoms with Crippen LogP contribution in [0.1, 0.15) is 22.6 Å². The topological polar surface area (TPSA) is 68.2 Å². The second-order valence-corrected chi connectivity index (χ2v) is 7.82. The lowest BCUT2D eigenvalue weighted by Gasteiger charge is -2.47. The van der Waals surface area contributed by atoms with Gasteiger partial charge in [-0.25, -0.2) is 4.98 Å². The fourth-order valence-corrected chi connectivity index (χ4v) is 4.69. The maximum Gasteiger partial charge on any atom is 0.274 e. The Hall–Kier alpha value is -2.15. The minimum atomic E-state index is -0.0367. The van der Waals surface area contributed by atoms with E-state index < -0.39 is 0 Å². The number of aryl methyl sites for hydroxylation is 1. The van der Waals surface area contributed by atoms with E-state index in [1.54, 1.807) is 24.8 Å². The first-order chi connectivity index (χ1) is 11.6. The molecule has 1 amide bonds. The molecule has 2 aliphatic heterocycles. The van der Waals surface area contributed by atoms with Gasteiger partial charge < -0.3 is 9.64 Å². The third-order valence-corrected chi connectivity index (χ3v) is 5.93. The zero-order valence-corrected chi connectivity index (χ0v) is 14.2. The van der Waals surface area contributed by atoms with Crippen LogP contribution in [0.2, 0.25) is 0 Å². The molecule has 0 radical (unpaired) electrons. The van der Waals surface area contributed by atoms with E-state index in [2.05, 4.69) is 15.0 Å². The molecule has 7 heteroatoms. The van der Waals surface area contributed by atoms with Gasteiger partial charge >= 0.3 is 0 Å². The maximum atomic E-state index is 12.4. The van der Waals surface area contributed by atoms with Gasteiger partial charge in [0.2, 0.25) is 0 Å². The number of amides is 1. The number of pyridine rings is 1. The molecule has 4 heterocycles. The summed E-state index contributed by atoms with van der Waals surface area (Å²) in [7, 11) is 0. The van der Waals surface area contributed by atoms with Crippen LogP contribution in [0.3, 0.4) is 0 Å². The summed E-state index contributed by atoms with van der Waals surface area (Å²) >= 11 is 1.90. The van der Waals surface area contributed by atoms with Crippen molar-refractivity contribution in [3.05, 3.63) is 48.3 Å². The van der Waals surface area contributed by atoms with E-state index in [4.69, 9.17) is 4.74 Å². The average molecular weight is 342 g/mol. The van der Waals surface area contributed by atoms with E-state index in [0.29, 0.717) is 5.69 Å². The molecule has 0 aromatic carbocycles. The van der Waals surface area contributed by atoms with Crippen LogP contribution in [0.5, 0.6) is 5.75 Å². The Bertz CT molecular complexity index is 732. The van der Waals surface area contributed by atoms with Crippen molar-refractivity contribution in [2.75, 3.05) is 18.8 Å². The van der Waals surface area contributed by atoms with Crippen LogP contribution in [-0.4, -0.2) is 55.5 Å².